The van der Waals surface area contributed by atoms with E-state index in [9.17, 15) is 10.2 Å². The summed E-state index contributed by atoms with van der Waals surface area (Å²) in [5.41, 5.74) is 2.02. The molecule has 3 aromatic rings. The Hall–Kier alpha value is -2.54. The Kier molecular flexibility index (Phi) is 7.09. The molecule has 5 nitrogen and oxygen atoms in total. The number of hydrogen-bond donors (Lipinski definition) is 2. The van der Waals surface area contributed by atoms with Crippen LogP contribution in [0.15, 0.2) is 65.6 Å². The third kappa shape index (κ3) is 5.24. The monoisotopic (exact) mass is 497 g/mol. The van der Waals surface area contributed by atoms with Crippen molar-refractivity contribution in [3.05, 3.63) is 76.8 Å². The van der Waals surface area contributed by atoms with Gasteiger partial charge in [0.05, 0.1) is 15.2 Å². The molecule has 7 heteroatoms. The molecule has 2 atom stereocenters. The number of phenols is 2. The van der Waals surface area contributed by atoms with E-state index >= 15 is 0 Å². The van der Waals surface area contributed by atoms with Gasteiger partial charge in [-0.1, -0.05) is 42.3 Å². The zero-order chi connectivity index (χ0) is 23.5. The van der Waals surface area contributed by atoms with E-state index in [2.05, 4.69) is 4.90 Å². The summed E-state index contributed by atoms with van der Waals surface area (Å²) < 4.78 is 12.4. The lowest BCUT2D eigenvalue weighted by atomic mass is 10.00. The number of rotatable bonds is 6. The van der Waals surface area contributed by atoms with Crippen LogP contribution in [0.1, 0.15) is 41.7 Å². The Balaban J connectivity index is 1.35. The van der Waals surface area contributed by atoms with Crippen molar-refractivity contribution in [1.29, 1.82) is 0 Å². The summed E-state index contributed by atoms with van der Waals surface area (Å²) in [4.78, 5) is 3.25. The number of hydrogen-bond acceptors (Lipinski definition) is 6. The van der Waals surface area contributed by atoms with Crippen molar-refractivity contribution < 1.29 is 19.7 Å². The average Bonchev–Trinajstić information content (AvgIpc) is 2.85. The molecule has 2 aliphatic rings. The van der Waals surface area contributed by atoms with E-state index in [4.69, 9.17) is 21.1 Å². The van der Waals surface area contributed by atoms with Crippen molar-refractivity contribution in [2.75, 3.05) is 26.2 Å². The number of aromatic hydroxyl groups is 2. The second kappa shape index (κ2) is 10.4. The maximum absolute atomic E-state index is 10.0. The van der Waals surface area contributed by atoms with E-state index in [1.54, 1.807) is 30.0 Å². The normalized spacial score (nSPS) is 20.4. The van der Waals surface area contributed by atoms with Gasteiger partial charge in [-0.15, -0.1) is 11.8 Å². The van der Waals surface area contributed by atoms with E-state index in [1.165, 1.54) is 38.4 Å². The summed E-state index contributed by atoms with van der Waals surface area (Å²) in [6.45, 7) is 3.96. The summed E-state index contributed by atoms with van der Waals surface area (Å²) in [7, 11) is 0. The number of nitrogens with zero attached hydrogens (tertiary/aromatic N) is 1. The van der Waals surface area contributed by atoms with E-state index < -0.39 is 0 Å². The quantitative estimate of drug-likeness (QED) is 0.401. The van der Waals surface area contributed by atoms with Gasteiger partial charge in [-0.05, 0) is 67.4 Å². The van der Waals surface area contributed by atoms with Crippen LogP contribution in [0.4, 0.5) is 0 Å². The van der Waals surface area contributed by atoms with Crippen LogP contribution in [-0.4, -0.2) is 41.4 Å². The Bertz CT molecular complexity index is 1120. The Labute approximate surface area is 209 Å². The number of likely N-dealkylation sites (tertiary alicyclic amines) is 1. The van der Waals surface area contributed by atoms with Crippen LogP contribution in [0.3, 0.4) is 0 Å². The van der Waals surface area contributed by atoms with Gasteiger partial charge < -0.3 is 19.7 Å². The van der Waals surface area contributed by atoms with E-state index in [0.717, 1.165) is 28.3 Å². The second-order valence-electron chi connectivity index (χ2n) is 8.74. The fourth-order valence-corrected chi connectivity index (χ4v) is 6.19. The second-order valence-corrected chi connectivity index (χ2v) is 10.3. The number of fused-ring (bicyclic) bond motifs is 1. The zero-order valence-corrected chi connectivity index (χ0v) is 20.4. The molecule has 3 aromatic carbocycles. The van der Waals surface area contributed by atoms with Crippen LogP contribution in [0.5, 0.6) is 23.0 Å². The fraction of sp³-hybridized carbons (Fsp3) is 0.333. The number of piperidine rings is 1. The topological polar surface area (TPSA) is 62.2 Å². The van der Waals surface area contributed by atoms with Crippen molar-refractivity contribution in [2.24, 2.45) is 0 Å². The van der Waals surface area contributed by atoms with Gasteiger partial charge in [0, 0.05) is 12.6 Å². The minimum absolute atomic E-state index is 0.0863. The number of thioether (sulfide) groups is 1. The molecular formula is C27H28ClNO4S. The molecule has 2 aliphatic heterocycles. The molecule has 1 fully saturated rings. The molecule has 0 aromatic heterocycles. The molecule has 34 heavy (non-hydrogen) atoms. The Morgan fingerprint density at radius 3 is 2.35 bits per heavy atom. The smallest absolute Gasteiger partial charge is 0.152 e. The molecule has 0 aliphatic carbocycles. The molecule has 0 radical (unpaired) electrons. The first-order valence-electron chi connectivity index (χ1n) is 11.7. The first-order valence-corrected chi connectivity index (χ1v) is 12.9. The predicted octanol–water partition coefficient (Wildman–Crippen LogP) is 6.58. The summed E-state index contributed by atoms with van der Waals surface area (Å²) in [5, 5.41) is 20.1. The molecule has 0 unspecified atom stereocenters. The van der Waals surface area contributed by atoms with Crippen LogP contribution in [0.2, 0.25) is 5.02 Å². The van der Waals surface area contributed by atoms with Crippen molar-refractivity contribution in [3.63, 3.8) is 0 Å². The van der Waals surface area contributed by atoms with Gasteiger partial charge in [-0.3, -0.25) is 4.90 Å². The van der Waals surface area contributed by atoms with E-state index in [1.807, 2.05) is 36.4 Å². The first-order chi connectivity index (χ1) is 16.6. The number of benzene rings is 3. The molecule has 0 amide bonds. The highest BCUT2D eigenvalue weighted by Gasteiger charge is 2.35. The van der Waals surface area contributed by atoms with Crippen LogP contribution >= 0.6 is 23.4 Å². The van der Waals surface area contributed by atoms with Crippen LogP contribution < -0.4 is 9.47 Å². The van der Waals surface area contributed by atoms with Gasteiger partial charge in [0.15, 0.2) is 5.75 Å². The maximum Gasteiger partial charge on any atom is 0.152 e. The Morgan fingerprint density at radius 2 is 1.62 bits per heavy atom. The highest BCUT2D eigenvalue weighted by molar-refractivity contribution is 7.99. The van der Waals surface area contributed by atoms with Crippen LogP contribution in [0.25, 0.3) is 0 Å². The van der Waals surface area contributed by atoms with Gasteiger partial charge >= 0.3 is 0 Å². The molecule has 5 rings (SSSR count). The predicted molar refractivity (Wildman–Crippen MR) is 135 cm³/mol. The standard InChI is InChI=1S/C27H28ClNO4S/c28-23-16-21(31)17-24-26(23)33-25(27(34-24)19-4-8-20(30)9-5-19)18-6-10-22(11-7-18)32-15-14-29-12-2-1-3-13-29/h4-11,16-17,25,27,30-31H,1-3,12-15H2/t25-,27+/m1/s1. The fourth-order valence-electron chi connectivity index (χ4n) is 4.52. The van der Waals surface area contributed by atoms with Gasteiger partial charge in [0.25, 0.3) is 0 Å². The van der Waals surface area contributed by atoms with Crippen molar-refractivity contribution in [1.82, 2.24) is 4.90 Å². The average molecular weight is 498 g/mol. The first kappa shape index (κ1) is 23.2. The largest absolute Gasteiger partial charge is 0.508 e. The highest BCUT2D eigenvalue weighted by Crippen LogP contribution is 2.56. The lowest BCUT2D eigenvalue weighted by molar-refractivity contribution is 0.182. The third-order valence-electron chi connectivity index (χ3n) is 6.32. The summed E-state index contributed by atoms with van der Waals surface area (Å²) in [5.74, 6) is 1.74. The summed E-state index contributed by atoms with van der Waals surface area (Å²) in [6.07, 6.45) is 3.60. The number of phenolic OH excluding ortho intramolecular Hbond substituents is 2. The van der Waals surface area contributed by atoms with E-state index in [0.29, 0.717) is 17.4 Å². The number of halogens is 1. The molecule has 2 N–H and O–H groups in total. The minimum Gasteiger partial charge on any atom is -0.508 e. The third-order valence-corrected chi connectivity index (χ3v) is 7.93. The van der Waals surface area contributed by atoms with Gasteiger partial charge in [0.2, 0.25) is 0 Å². The molecule has 178 valence electrons. The van der Waals surface area contributed by atoms with Crippen molar-refractivity contribution >= 4 is 23.4 Å². The summed E-state index contributed by atoms with van der Waals surface area (Å²) >= 11 is 8.00. The van der Waals surface area contributed by atoms with Crippen molar-refractivity contribution in [2.45, 2.75) is 35.5 Å². The van der Waals surface area contributed by atoms with Crippen LogP contribution in [-0.2, 0) is 0 Å². The molecule has 1 saturated heterocycles. The summed E-state index contributed by atoms with van der Waals surface area (Å²) in [6, 6.07) is 18.4. The Morgan fingerprint density at radius 1 is 0.912 bits per heavy atom. The minimum atomic E-state index is -0.300. The van der Waals surface area contributed by atoms with E-state index in [-0.39, 0.29) is 22.9 Å². The van der Waals surface area contributed by atoms with Gasteiger partial charge in [0.1, 0.15) is 30.0 Å². The molecular weight excluding hydrogens is 470 g/mol. The SMILES string of the molecule is Oc1ccc([C@@H]2Sc3cc(O)cc(Cl)c3O[C@@H]2c2ccc(OCCN3CCCCC3)cc2)cc1. The van der Waals surface area contributed by atoms with Crippen LogP contribution in [0, 0.1) is 0 Å². The van der Waals surface area contributed by atoms with Gasteiger partial charge in [-0.2, -0.15) is 0 Å². The maximum atomic E-state index is 10.0. The van der Waals surface area contributed by atoms with Gasteiger partial charge in [-0.25, -0.2) is 0 Å². The molecule has 0 bridgehead atoms. The number of ether oxygens (including phenoxy) is 2. The molecule has 0 spiro atoms. The zero-order valence-electron chi connectivity index (χ0n) is 18.8. The lowest BCUT2D eigenvalue weighted by Gasteiger charge is -2.34. The molecule has 0 saturated carbocycles. The van der Waals surface area contributed by atoms with Crippen molar-refractivity contribution in [3.8, 4) is 23.0 Å². The highest BCUT2D eigenvalue weighted by atomic mass is 35.5. The lowest BCUT2D eigenvalue weighted by Crippen LogP contribution is -2.33. The molecule has 2 heterocycles.